The standard InChI is InChI=1S/C15H14Cl2N2O2/c16-10-5-6-11(12(17)9-10)15(21)19(7-8-20)14-4-2-1-3-13(14)18/h1-6,9,20H,7-8,18H2. The molecule has 0 aliphatic carbocycles. The van der Waals surface area contributed by atoms with Gasteiger partial charge in [0.1, 0.15) is 0 Å². The number of hydrogen-bond donors (Lipinski definition) is 2. The Bertz CT molecular complexity index is 662. The number of halogens is 2. The maximum Gasteiger partial charge on any atom is 0.259 e. The second-order valence-corrected chi connectivity index (χ2v) is 5.21. The van der Waals surface area contributed by atoms with Gasteiger partial charge in [0.2, 0.25) is 0 Å². The van der Waals surface area contributed by atoms with E-state index in [-0.39, 0.29) is 24.1 Å². The largest absolute Gasteiger partial charge is 0.397 e. The SMILES string of the molecule is Nc1ccccc1N(CCO)C(=O)c1ccc(Cl)cc1Cl. The molecule has 0 aliphatic heterocycles. The fourth-order valence-electron chi connectivity index (χ4n) is 1.97. The molecule has 0 atom stereocenters. The molecule has 110 valence electrons. The zero-order valence-electron chi connectivity index (χ0n) is 11.1. The molecule has 2 aromatic carbocycles. The number of para-hydroxylation sites is 2. The highest BCUT2D eigenvalue weighted by atomic mass is 35.5. The molecule has 0 fully saturated rings. The van der Waals surface area contributed by atoms with Crippen LogP contribution in [0.2, 0.25) is 10.0 Å². The van der Waals surface area contributed by atoms with E-state index in [0.29, 0.717) is 22.0 Å². The molecule has 4 nitrogen and oxygen atoms in total. The van der Waals surface area contributed by atoms with Gasteiger partial charge in [-0.2, -0.15) is 0 Å². The van der Waals surface area contributed by atoms with E-state index in [1.165, 1.54) is 11.0 Å². The second-order valence-electron chi connectivity index (χ2n) is 4.36. The Hall–Kier alpha value is -1.75. The number of carbonyl (C=O) groups excluding carboxylic acids is 1. The highest BCUT2D eigenvalue weighted by Crippen LogP contribution is 2.27. The molecule has 0 saturated heterocycles. The molecule has 0 unspecified atom stereocenters. The van der Waals surface area contributed by atoms with Crippen molar-refractivity contribution in [1.82, 2.24) is 0 Å². The lowest BCUT2D eigenvalue weighted by Crippen LogP contribution is -2.34. The van der Waals surface area contributed by atoms with E-state index in [1.54, 1.807) is 36.4 Å². The number of nitrogens with two attached hydrogens (primary N) is 1. The van der Waals surface area contributed by atoms with Crippen LogP contribution in [0.25, 0.3) is 0 Å². The van der Waals surface area contributed by atoms with Crippen LogP contribution in [0.15, 0.2) is 42.5 Å². The molecule has 2 rings (SSSR count). The molecular weight excluding hydrogens is 311 g/mol. The van der Waals surface area contributed by atoms with E-state index in [4.69, 9.17) is 28.9 Å². The quantitative estimate of drug-likeness (QED) is 0.848. The number of benzene rings is 2. The van der Waals surface area contributed by atoms with E-state index in [9.17, 15) is 9.90 Å². The summed E-state index contributed by atoms with van der Waals surface area (Å²) < 4.78 is 0. The Labute approximate surface area is 132 Å². The van der Waals surface area contributed by atoms with Crippen LogP contribution in [0.1, 0.15) is 10.4 Å². The first-order chi connectivity index (χ1) is 10.0. The summed E-state index contributed by atoms with van der Waals surface area (Å²) in [7, 11) is 0. The zero-order chi connectivity index (χ0) is 15.4. The molecule has 3 N–H and O–H groups in total. The predicted octanol–water partition coefficient (Wildman–Crippen LogP) is 3.21. The minimum atomic E-state index is -0.344. The average Bonchev–Trinajstić information content (AvgIpc) is 2.45. The highest BCUT2D eigenvalue weighted by molar-refractivity contribution is 6.37. The van der Waals surface area contributed by atoms with Crippen LogP contribution in [0.3, 0.4) is 0 Å². The van der Waals surface area contributed by atoms with Gasteiger partial charge >= 0.3 is 0 Å². The minimum Gasteiger partial charge on any atom is -0.397 e. The third-order valence-corrected chi connectivity index (χ3v) is 3.51. The van der Waals surface area contributed by atoms with E-state index in [0.717, 1.165) is 0 Å². The van der Waals surface area contributed by atoms with Crippen molar-refractivity contribution in [2.24, 2.45) is 0 Å². The first kappa shape index (κ1) is 15.6. The molecule has 21 heavy (non-hydrogen) atoms. The number of nitrogen functional groups attached to an aromatic ring is 1. The Morgan fingerprint density at radius 2 is 1.90 bits per heavy atom. The summed E-state index contributed by atoms with van der Waals surface area (Å²) in [5, 5.41) is 9.91. The van der Waals surface area contributed by atoms with Crippen molar-refractivity contribution >= 4 is 40.5 Å². The van der Waals surface area contributed by atoms with Crippen molar-refractivity contribution in [3.8, 4) is 0 Å². The van der Waals surface area contributed by atoms with Gasteiger partial charge in [0.05, 0.1) is 28.6 Å². The Kier molecular flexibility index (Phi) is 5.07. The molecule has 0 bridgehead atoms. The maximum atomic E-state index is 12.7. The van der Waals surface area contributed by atoms with Gasteiger partial charge in [0.15, 0.2) is 0 Å². The van der Waals surface area contributed by atoms with E-state index < -0.39 is 0 Å². The highest BCUT2D eigenvalue weighted by Gasteiger charge is 2.21. The molecule has 0 radical (unpaired) electrons. The lowest BCUT2D eigenvalue weighted by molar-refractivity contribution is 0.0981. The van der Waals surface area contributed by atoms with Crippen molar-refractivity contribution in [3.63, 3.8) is 0 Å². The number of aliphatic hydroxyl groups is 1. The van der Waals surface area contributed by atoms with Crippen LogP contribution >= 0.6 is 23.2 Å². The van der Waals surface area contributed by atoms with Crippen molar-refractivity contribution in [1.29, 1.82) is 0 Å². The van der Waals surface area contributed by atoms with Gasteiger partial charge in [-0.1, -0.05) is 35.3 Å². The predicted molar refractivity (Wildman–Crippen MR) is 86.1 cm³/mol. The summed E-state index contributed by atoms with van der Waals surface area (Å²) in [6.45, 7) is -0.0721. The van der Waals surface area contributed by atoms with Crippen LogP contribution in [0, 0.1) is 0 Å². The van der Waals surface area contributed by atoms with Crippen molar-refractivity contribution in [3.05, 3.63) is 58.1 Å². The van der Waals surface area contributed by atoms with Crippen LogP contribution in [-0.2, 0) is 0 Å². The summed E-state index contributed by atoms with van der Waals surface area (Å²) in [5.74, 6) is -0.344. The number of anilines is 2. The van der Waals surface area contributed by atoms with Crippen molar-refractivity contribution < 1.29 is 9.90 Å². The van der Waals surface area contributed by atoms with Crippen LogP contribution in [0.5, 0.6) is 0 Å². The number of aliphatic hydroxyl groups excluding tert-OH is 1. The summed E-state index contributed by atoms with van der Waals surface area (Å²) >= 11 is 11.9. The Morgan fingerprint density at radius 3 is 2.52 bits per heavy atom. The molecule has 0 spiro atoms. The first-order valence-corrected chi connectivity index (χ1v) is 7.02. The third kappa shape index (κ3) is 3.47. The summed E-state index contributed by atoms with van der Waals surface area (Å²) in [4.78, 5) is 14.0. The number of amides is 1. The fourth-order valence-corrected chi connectivity index (χ4v) is 2.46. The molecule has 1 amide bonds. The van der Waals surface area contributed by atoms with Gasteiger partial charge < -0.3 is 15.7 Å². The van der Waals surface area contributed by atoms with Gasteiger partial charge in [-0.05, 0) is 30.3 Å². The molecule has 0 aliphatic rings. The van der Waals surface area contributed by atoms with Gasteiger partial charge in [-0.3, -0.25) is 4.79 Å². The minimum absolute atomic E-state index is 0.117. The molecular formula is C15H14Cl2N2O2. The molecule has 2 aromatic rings. The van der Waals surface area contributed by atoms with Crippen LogP contribution in [0.4, 0.5) is 11.4 Å². The number of carbonyl (C=O) groups is 1. The normalized spacial score (nSPS) is 10.4. The number of hydrogen-bond acceptors (Lipinski definition) is 3. The molecule has 0 heterocycles. The molecule has 0 saturated carbocycles. The van der Waals surface area contributed by atoms with Gasteiger partial charge in [-0.25, -0.2) is 0 Å². The second kappa shape index (κ2) is 6.80. The fraction of sp³-hybridized carbons (Fsp3) is 0.133. The smallest absolute Gasteiger partial charge is 0.259 e. The molecule has 0 aromatic heterocycles. The van der Waals surface area contributed by atoms with Crippen LogP contribution in [-0.4, -0.2) is 24.2 Å². The maximum absolute atomic E-state index is 12.7. The third-order valence-electron chi connectivity index (χ3n) is 2.96. The zero-order valence-corrected chi connectivity index (χ0v) is 12.6. The van der Waals surface area contributed by atoms with E-state index >= 15 is 0 Å². The number of nitrogens with zero attached hydrogens (tertiary/aromatic N) is 1. The van der Waals surface area contributed by atoms with Gasteiger partial charge in [0, 0.05) is 11.6 Å². The van der Waals surface area contributed by atoms with E-state index in [2.05, 4.69) is 0 Å². The Balaban J connectivity index is 2.43. The summed E-state index contributed by atoms with van der Waals surface area (Å²) in [6.07, 6.45) is 0. The topological polar surface area (TPSA) is 66.6 Å². The lowest BCUT2D eigenvalue weighted by Gasteiger charge is -2.24. The monoisotopic (exact) mass is 324 g/mol. The Morgan fingerprint density at radius 1 is 1.19 bits per heavy atom. The summed E-state index contributed by atoms with van der Waals surface area (Å²) in [5.41, 5.74) is 7.18. The molecule has 6 heteroatoms. The number of rotatable bonds is 4. The summed E-state index contributed by atoms with van der Waals surface area (Å²) in [6, 6.07) is 11.6. The van der Waals surface area contributed by atoms with Crippen LogP contribution < -0.4 is 10.6 Å². The van der Waals surface area contributed by atoms with Gasteiger partial charge in [-0.15, -0.1) is 0 Å². The van der Waals surface area contributed by atoms with E-state index in [1.807, 2.05) is 0 Å². The lowest BCUT2D eigenvalue weighted by atomic mass is 10.1. The first-order valence-electron chi connectivity index (χ1n) is 6.27. The van der Waals surface area contributed by atoms with Crippen molar-refractivity contribution in [2.45, 2.75) is 0 Å². The average molecular weight is 325 g/mol. The van der Waals surface area contributed by atoms with Crippen molar-refractivity contribution in [2.75, 3.05) is 23.8 Å². The van der Waals surface area contributed by atoms with Gasteiger partial charge in [0.25, 0.3) is 5.91 Å².